The van der Waals surface area contributed by atoms with Crippen LogP contribution in [0.3, 0.4) is 0 Å². The van der Waals surface area contributed by atoms with Gasteiger partial charge in [-0.15, -0.1) is 0 Å². The fourth-order valence-electron chi connectivity index (χ4n) is 2.04. The van der Waals surface area contributed by atoms with Crippen LogP contribution < -0.4 is 4.72 Å². The predicted octanol–water partition coefficient (Wildman–Crippen LogP) is 1.87. The number of benzene rings is 1. The number of nitrogens with one attached hydrogen (secondary N) is 1. The number of hydrogen-bond donors (Lipinski definition) is 2. The lowest BCUT2D eigenvalue weighted by Crippen LogP contribution is -2.13. The fraction of sp³-hybridized carbons (Fsp3) is 0.286. The Morgan fingerprint density at radius 1 is 1.32 bits per heavy atom. The minimum absolute atomic E-state index is 0.0301. The van der Waals surface area contributed by atoms with Gasteiger partial charge in [-0.05, 0) is 24.1 Å². The lowest BCUT2D eigenvalue weighted by atomic mass is 10.1. The van der Waals surface area contributed by atoms with Gasteiger partial charge in [0.2, 0.25) is 0 Å². The summed E-state index contributed by atoms with van der Waals surface area (Å²) >= 11 is 0. The molecule has 0 amide bonds. The third-order valence-corrected chi connectivity index (χ3v) is 4.48. The van der Waals surface area contributed by atoms with Gasteiger partial charge in [0.1, 0.15) is 5.69 Å². The highest BCUT2D eigenvalue weighted by Gasteiger charge is 2.18. The van der Waals surface area contributed by atoms with Crippen LogP contribution in [0.5, 0.6) is 0 Å². The van der Waals surface area contributed by atoms with Crippen molar-refractivity contribution in [2.75, 3.05) is 4.72 Å². The zero-order chi connectivity index (χ0) is 16.3. The second-order valence-electron chi connectivity index (χ2n) is 4.84. The molecule has 1 heterocycles. The molecule has 0 spiro atoms. The third kappa shape index (κ3) is 3.45. The normalized spacial score (nSPS) is 11.4. The SMILES string of the molecule is CCCc1ccc(S(=O)(=O)Nc2cc(C(=O)O)n(C)n2)cc1. The molecule has 1 aromatic carbocycles. The first-order chi connectivity index (χ1) is 10.3. The largest absolute Gasteiger partial charge is 0.477 e. The molecule has 7 nitrogen and oxygen atoms in total. The molecule has 0 unspecified atom stereocenters. The lowest BCUT2D eigenvalue weighted by molar-refractivity contribution is 0.0685. The number of aromatic carboxylic acids is 1. The molecular formula is C14H17N3O4S. The number of hydrogen-bond acceptors (Lipinski definition) is 4. The number of sulfonamides is 1. The molecule has 0 fully saturated rings. The summed E-state index contributed by atoms with van der Waals surface area (Å²) in [6.45, 7) is 2.05. The van der Waals surface area contributed by atoms with Crippen molar-refractivity contribution in [3.8, 4) is 0 Å². The molecule has 0 aliphatic rings. The quantitative estimate of drug-likeness (QED) is 0.845. The Labute approximate surface area is 128 Å². The van der Waals surface area contributed by atoms with Crippen molar-refractivity contribution in [2.24, 2.45) is 7.05 Å². The van der Waals surface area contributed by atoms with E-state index in [4.69, 9.17) is 5.11 Å². The Kier molecular flexibility index (Phi) is 4.51. The van der Waals surface area contributed by atoms with Crippen LogP contribution in [0.15, 0.2) is 35.2 Å². The Morgan fingerprint density at radius 2 is 1.95 bits per heavy atom. The maximum atomic E-state index is 12.3. The number of rotatable bonds is 6. The molecule has 118 valence electrons. The molecule has 2 rings (SSSR count). The van der Waals surface area contributed by atoms with Gasteiger partial charge in [-0.3, -0.25) is 9.40 Å². The average molecular weight is 323 g/mol. The monoisotopic (exact) mass is 323 g/mol. The predicted molar refractivity (Wildman–Crippen MR) is 81.4 cm³/mol. The molecule has 1 aromatic heterocycles. The topological polar surface area (TPSA) is 101 Å². The van der Waals surface area contributed by atoms with E-state index in [1.807, 2.05) is 6.92 Å². The van der Waals surface area contributed by atoms with Crippen LogP contribution in [0.4, 0.5) is 5.82 Å². The number of nitrogens with zero attached hydrogens (tertiary/aromatic N) is 2. The summed E-state index contributed by atoms with van der Waals surface area (Å²) in [6, 6.07) is 7.74. The average Bonchev–Trinajstić information content (AvgIpc) is 2.80. The maximum Gasteiger partial charge on any atom is 0.354 e. The Bertz CT molecular complexity index is 779. The van der Waals surface area contributed by atoms with Crippen molar-refractivity contribution in [1.82, 2.24) is 9.78 Å². The molecule has 2 aromatic rings. The number of aryl methyl sites for hydroxylation is 2. The van der Waals surface area contributed by atoms with E-state index in [2.05, 4.69) is 9.82 Å². The van der Waals surface area contributed by atoms with Crippen molar-refractivity contribution in [3.63, 3.8) is 0 Å². The summed E-state index contributed by atoms with van der Waals surface area (Å²) in [5, 5.41) is 12.8. The molecule has 0 saturated heterocycles. The standard InChI is InChI=1S/C14H17N3O4S/c1-3-4-10-5-7-11(8-6-10)22(20,21)16-13-9-12(14(18)19)17(2)15-13/h5-9H,3-4H2,1-2H3,(H,15,16)(H,18,19). The highest BCUT2D eigenvalue weighted by atomic mass is 32.2. The minimum atomic E-state index is -3.79. The van der Waals surface area contributed by atoms with Gasteiger partial charge < -0.3 is 5.11 Å². The molecule has 2 N–H and O–H groups in total. The molecule has 0 aliphatic heterocycles. The highest BCUT2D eigenvalue weighted by Crippen LogP contribution is 2.17. The summed E-state index contributed by atoms with van der Waals surface area (Å²) in [7, 11) is -2.36. The van der Waals surface area contributed by atoms with Crippen molar-refractivity contribution in [3.05, 3.63) is 41.6 Å². The van der Waals surface area contributed by atoms with Gasteiger partial charge in [0.25, 0.3) is 10.0 Å². The Morgan fingerprint density at radius 3 is 2.45 bits per heavy atom. The second kappa shape index (κ2) is 6.18. The van der Waals surface area contributed by atoms with E-state index in [1.165, 1.54) is 25.2 Å². The number of anilines is 1. The van der Waals surface area contributed by atoms with E-state index in [-0.39, 0.29) is 16.4 Å². The van der Waals surface area contributed by atoms with Crippen molar-refractivity contribution in [1.29, 1.82) is 0 Å². The van der Waals surface area contributed by atoms with Crippen LogP contribution >= 0.6 is 0 Å². The first-order valence-electron chi connectivity index (χ1n) is 6.72. The zero-order valence-corrected chi connectivity index (χ0v) is 13.1. The summed E-state index contributed by atoms with van der Waals surface area (Å²) in [4.78, 5) is 11.0. The van der Waals surface area contributed by atoms with Crippen LogP contribution in [0.1, 0.15) is 29.4 Å². The molecule has 0 aliphatic carbocycles. The maximum absolute atomic E-state index is 12.3. The Balaban J connectivity index is 2.23. The summed E-state index contributed by atoms with van der Waals surface area (Å²) in [6.07, 6.45) is 1.87. The van der Waals surface area contributed by atoms with Gasteiger partial charge in [-0.25, -0.2) is 13.2 Å². The van der Waals surface area contributed by atoms with Gasteiger partial charge in [0.15, 0.2) is 5.82 Å². The highest BCUT2D eigenvalue weighted by molar-refractivity contribution is 7.92. The molecule has 0 saturated carbocycles. The fourth-order valence-corrected chi connectivity index (χ4v) is 3.03. The first kappa shape index (κ1) is 16.0. The number of aromatic nitrogens is 2. The van der Waals surface area contributed by atoms with E-state index in [0.29, 0.717) is 0 Å². The molecular weight excluding hydrogens is 306 g/mol. The summed E-state index contributed by atoms with van der Waals surface area (Å²) in [5.74, 6) is -1.21. The van der Waals surface area contributed by atoms with Gasteiger partial charge >= 0.3 is 5.97 Å². The minimum Gasteiger partial charge on any atom is -0.477 e. The van der Waals surface area contributed by atoms with Gasteiger partial charge in [0, 0.05) is 13.1 Å². The Hall–Kier alpha value is -2.35. The van der Waals surface area contributed by atoms with Crippen LogP contribution in [-0.2, 0) is 23.5 Å². The van der Waals surface area contributed by atoms with E-state index in [9.17, 15) is 13.2 Å². The molecule has 0 atom stereocenters. The molecule has 0 bridgehead atoms. The molecule has 0 radical (unpaired) electrons. The smallest absolute Gasteiger partial charge is 0.354 e. The van der Waals surface area contributed by atoms with Gasteiger partial charge in [-0.1, -0.05) is 25.5 Å². The number of carbonyl (C=O) groups is 1. The van der Waals surface area contributed by atoms with Crippen LogP contribution in [0.2, 0.25) is 0 Å². The van der Waals surface area contributed by atoms with E-state index < -0.39 is 16.0 Å². The van der Waals surface area contributed by atoms with Crippen LogP contribution in [0, 0.1) is 0 Å². The van der Waals surface area contributed by atoms with Gasteiger partial charge in [-0.2, -0.15) is 5.10 Å². The molecule has 22 heavy (non-hydrogen) atoms. The summed E-state index contributed by atoms with van der Waals surface area (Å²) in [5.41, 5.74) is 0.962. The van der Waals surface area contributed by atoms with Crippen LogP contribution in [0.25, 0.3) is 0 Å². The van der Waals surface area contributed by atoms with E-state index in [0.717, 1.165) is 23.1 Å². The zero-order valence-electron chi connectivity index (χ0n) is 12.3. The first-order valence-corrected chi connectivity index (χ1v) is 8.21. The number of carboxylic acid groups (broad SMARTS) is 1. The van der Waals surface area contributed by atoms with E-state index in [1.54, 1.807) is 12.1 Å². The lowest BCUT2D eigenvalue weighted by Gasteiger charge is -2.06. The summed E-state index contributed by atoms with van der Waals surface area (Å²) < 4.78 is 27.9. The second-order valence-corrected chi connectivity index (χ2v) is 6.53. The third-order valence-electron chi connectivity index (χ3n) is 3.11. The van der Waals surface area contributed by atoms with E-state index >= 15 is 0 Å². The van der Waals surface area contributed by atoms with Crippen molar-refractivity contribution >= 4 is 21.8 Å². The van der Waals surface area contributed by atoms with Gasteiger partial charge in [0.05, 0.1) is 4.90 Å². The van der Waals surface area contributed by atoms with Crippen molar-refractivity contribution in [2.45, 2.75) is 24.7 Å². The van der Waals surface area contributed by atoms with Crippen molar-refractivity contribution < 1.29 is 18.3 Å². The molecule has 8 heteroatoms. The van der Waals surface area contributed by atoms with Crippen LogP contribution in [-0.4, -0.2) is 29.3 Å². The number of carboxylic acids is 1.